The van der Waals surface area contributed by atoms with E-state index in [9.17, 15) is 0 Å². The molecule has 1 saturated heterocycles. The Hall–Kier alpha value is -2.67. The average molecular weight is 366 g/mol. The number of nitrogens with two attached hydrogens (primary N) is 1. The maximum absolute atomic E-state index is 6.20. The highest BCUT2D eigenvalue weighted by Crippen LogP contribution is 2.25. The lowest BCUT2D eigenvalue weighted by molar-refractivity contribution is 0.378. The molecule has 1 aliphatic rings. The van der Waals surface area contributed by atoms with Crippen molar-refractivity contribution in [3.63, 3.8) is 0 Å². The van der Waals surface area contributed by atoms with Crippen LogP contribution in [-0.2, 0) is 6.42 Å². The number of fused-ring (bicyclic) bond motifs is 1. The summed E-state index contributed by atoms with van der Waals surface area (Å²) < 4.78 is 1.33. The number of rotatable bonds is 4. The smallest absolute Gasteiger partial charge is 0.225 e. The number of guanidine groups is 1. The maximum atomic E-state index is 6.20. The third-order valence-electron chi connectivity index (χ3n) is 4.55. The molecule has 3 aromatic rings. The first kappa shape index (κ1) is 16.8. The normalized spacial score (nSPS) is 15.6. The van der Waals surface area contributed by atoms with Crippen LogP contribution in [0.4, 0.5) is 5.95 Å². The molecular weight excluding hydrogens is 344 g/mol. The van der Waals surface area contributed by atoms with Gasteiger partial charge in [0.25, 0.3) is 0 Å². The average Bonchev–Trinajstić information content (AvgIpc) is 3.11. The van der Waals surface area contributed by atoms with Gasteiger partial charge in [0.2, 0.25) is 5.95 Å². The number of hydrogen-bond acceptors (Lipinski definition) is 5. The van der Waals surface area contributed by atoms with Crippen molar-refractivity contribution in [2.24, 2.45) is 10.7 Å². The number of aromatic nitrogens is 2. The Morgan fingerprint density at radius 2 is 1.85 bits per heavy atom. The molecule has 0 atom stereocenters. The predicted octanol–water partition coefficient (Wildman–Crippen LogP) is 2.37. The number of anilines is 1. The van der Waals surface area contributed by atoms with Crippen molar-refractivity contribution in [3.8, 4) is 0 Å². The molecule has 0 aliphatic carbocycles. The van der Waals surface area contributed by atoms with Gasteiger partial charge in [0, 0.05) is 61.1 Å². The molecule has 2 N–H and O–H groups in total. The zero-order valence-electron chi connectivity index (χ0n) is 14.6. The minimum absolute atomic E-state index is 0.639. The Bertz CT molecular complexity index is 850. The second kappa shape index (κ2) is 7.70. The molecular formula is C19H22N6S. The molecule has 0 bridgehead atoms. The van der Waals surface area contributed by atoms with Crippen LogP contribution in [0.1, 0.15) is 4.88 Å². The van der Waals surface area contributed by atoms with Crippen molar-refractivity contribution in [1.29, 1.82) is 0 Å². The molecule has 6 nitrogen and oxygen atoms in total. The van der Waals surface area contributed by atoms with Crippen LogP contribution in [0.25, 0.3) is 10.1 Å². The first-order valence-electron chi connectivity index (χ1n) is 8.84. The summed E-state index contributed by atoms with van der Waals surface area (Å²) in [5, 5.41) is 1.31. The van der Waals surface area contributed by atoms with Gasteiger partial charge in [0.05, 0.1) is 0 Å². The summed E-state index contributed by atoms with van der Waals surface area (Å²) in [5.74, 6) is 1.42. The second-order valence-electron chi connectivity index (χ2n) is 6.26. The first-order valence-corrected chi connectivity index (χ1v) is 9.65. The molecule has 0 spiro atoms. The Morgan fingerprint density at radius 1 is 1.08 bits per heavy atom. The number of nitrogens with zero attached hydrogens (tertiary/aromatic N) is 5. The lowest BCUT2D eigenvalue weighted by Gasteiger charge is -2.35. The molecule has 4 rings (SSSR count). The standard InChI is InChI=1S/C19H22N6S/c20-18(21-9-6-16-14-15-4-1-2-5-17(15)26-16)24-10-12-25(13-11-24)19-22-7-3-8-23-19/h1-5,7-8,14H,6,9-13H2,(H2,20,21). The molecule has 1 fully saturated rings. The van der Waals surface area contributed by atoms with Gasteiger partial charge in [-0.05, 0) is 23.6 Å². The predicted molar refractivity (Wildman–Crippen MR) is 108 cm³/mol. The molecule has 0 saturated carbocycles. The van der Waals surface area contributed by atoms with Gasteiger partial charge in [-0.15, -0.1) is 11.3 Å². The fourth-order valence-electron chi connectivity index (χ4n) is 3.13. The molecule has 3 heterocycles. The van der Waals surface area contributed by atoms with Crippen LogP contribution in [0.3, 0.4) is 0 Å². The van der Waals surface area contributed by atoms with Gasteiger partial charge in [-0.3, -0.25) is 4.99 Å². The highest BCUT2D eigenvalue weighted by molar-refractivity contribution is 7.19. The third-order valence-corrected chi connectivity index (χ3v) is 5.72. The SMILES string of the molecule is NC(=NCCc1cc2ccccc2s1)N1CCN(c2ncccn2)CC1. The van der Waals surface area contributed by atoms with Crippen molar-refractivity contribution in [2.75, 3.05) is 37.6 Å². The molecule has 2 aromatic heterocycles. The monoisotopic (exact) mass is 366 g/mol. The molecule has 1 aromatic carbocycles. The van der Waals surface area contributed by atoms with Gasteiger partial charge >= 0.3 is 0 Å². The van der Waals surface area contributed by atoms with Crippen LogP contribution in [-0.4, -0.2) is 53.6 Å². The zero-order valence-corrected chi connectivity index (χ0v) is 15.4. The van der Waals surface area contributed by atoms with E-state index >= 15 is 0 Å². The summed E-state index contributed by atoms with van der Waals surface area (Å²) in [6.07, 6.45) is 4.48. The van der Waals surface area contributed by atoms with Crippen molar-refractivity contribution >= 4 is 33.3 Å². The number of piperazine rings is 1. The second-order valence-corrected chi connectivity index (χ2v) is 7.43. The van der Waals surface area contributed by atoms with E-state index in [1.165, 1.54) is 15.0 Å². The van der Waals surface area contributed by atoms with Crippen LogP contribution in [0, 0.1) is 0 Å². The van der Waals surface area contributed by atoms with Crippen LogP contribution in [0.2, 0.25) is 0 Å². The topological polar surface area (TPSA) is 70.6 Å². The van der Waals surface area contributed by atoms with Crippen molar-refractivity contribution < 1.29 is 0 Å². The van der Waals surface area contributed by atoms with E-state index in [2.05, 4.69) is 55.1 Å². The Morgan fingerprint density at radius 3 is 2.62 bits per heavy atom. The van der Waals surface area contributed by atoms with Crippen LogP contribution < -0.4 is 10.6 Å². The van der Waals surface area contributed by atoms with Gasteiger partial charge in [0.1, 0.15) is 0 Å². The van der Waals surface area contributed by atoms with Crippen molar-refractivity contribution in [1.82, 2.24) is 14.9 Å². The van der Waals surface area contributed by atoms with Gasteiger partial charge in [0.15, 0.2) is 5.96 Å². The van der Waals surface area contributed by atoms with Crippen LogP contribution in [0.5, 0.6) is 0 Å². The van der Waals surface area contributed by atoms with Gasteiger partial charge in [-0.25, -0.2) is 9.97 Å². The van der Waals surface area contributed by atoms with E-state index in [0.29, 0.717) is 5.96 Å². The minimum Gasteiger partial charge on any atom is -0.370 e. The summed E-state index contributed by atoms with van der Waals surface area (Å²) >= 11 is 1.84. The lowest BCUT2D eigenvalue weighted by atomic mass is 10.2. The Balaban J connectivity index is 1.29. The summed E-state index contributed by atoms with van der Waals surface area (Å²) in [6.45, 7) is 4.13. The zero-order chi connectivity index (χ0) is 17.8. The van der Waals surface area contributed by atoms with E-state index in [-0.39, 0.29) is 0 Å². The van der Waals surface area contributed by atoms with E-state index in [0.717, 1.165) is 45.1 Å². The van der Waals surface area contributed by atoms with Crippen molar-refractivity contribution in [3.05, 3.63) is 53.7 Å². The van der Waals surface area contributed by atoms with Gasteiger partial charge in [-0.1, -0.05) is 18.2 Å². The quantitative estimate of drug-likeness (QED) is 0.567. The molecule has 26 heavy (non-hydrogen) atoms. The largest absolute Gasteiger partial charge is 0.370 e. The van der Waals surface area contributed by atoms with Crippen LogP contribution in [0.15, 0.2) is 53.8 Å². The molecule has 134 valence electrons. The maximum Gasteiger partial charge on any atom is 0.225 e. The fourth-order valence-corrected chi connectivity index (χ4v) is 4.18. The lowest BCUT2D eigenvalue weighted by Crippen LogP contribution is -2.51. The molecule has 0 radical (unpaired) electrons. The molecule has 7 heteroatoms. The van der Waals surface area contributed by atoms with E-state index in [1.807, 2.05) is 17.4 Å². The Labute approximate surface area is 157 Å². The molecule has 0 unspecified atom stereocenters. The summed E-state index contributed by atoms with van der Waals surface area (Å²) in [4.78, 5) is 18.9. The number of thiophene rings is 1. The number of hydrogen-bond donors (Lipinski definition) is 1. The Kier molecular flexibility index (Phi) is 4.97. The van der Waals surface area contributed by atoms with Gasteiger partial charge < -0.3 is 15.5 Å². The van der Waals surface area contributed by atoms with Crippen molar-refractivity contribution in [2.45, 2.75) is 6.42 Å². The van der Waals surface area contributed by atoms with Crippen LogP contribution >= 0.6 is 11.3 Å². The first-order chi connectivity index (χ1) is 12.8. The number of benzene rings is 1. The van der Waals surface area contributed by atoms with E-state index in [1.54, 1.807) is 12.4 Å². The summed E-state index contributed by atoms with van der Waals surface area (Å²) in [7, 11) is 0. The fraction of sp³-hybridized carbons (Fsp3) is 0.316. The van der Waals surface area contributed by atoms with E-state index < -0.39 is 0 Å². The third kappa shape index (κ3) is 3.77. The minimum atomic E-state index is 0.639. The van der Waals surface area contributed by atoms with Gasteiger partial charge in [-0.2, -0.15) is 0 Å². The molecule has 1 aliphatic heterocycles. The van der Waals surface area contributed by atoms with E-state index in [4.69, 9.17) is 5.73 Å². The molecule has 0 amide bonds. The highest BCUT2D eigenvalue weighted by Gasteiger charge is 2.19. The summed E-state index contributed by atoms with van der Waals surface area (Å²) in [5.41, 5.74) is 6.20. The number of aliphatic imine (C=N–C) groups is 1. The highest BCUT2D eigenvalue weighted by atomic mass is 32.1. The summed E-state index contributed by atoms with van der Waals surface area (Å²) in [6, 6.07) is 12.6.